The maximum Gasteiger partial charge on any atom is 0.248 e. The number of aromatic amines is 1. The molecule has 112 valence electrons. The molecule has 21 heavy (non-hydrogen) atoms. The first-order valence-corrected chi connectivity index (χ1v) is 7.68. The molecule has 2 aromatic rings. The Balaban J connectivity index is 2.39. The van der Waals surface area contributed by atoms with Gasteiger partial charge in [0.15, 0.2) is 0 Å². The molecule has 7 heteroatoms. The van der Waals surface area contributed by atoms with Gasteiger partial charge < -0.3 is 4.98 Å². The highest BCUT2D eigenvalue weighted by molar-refractivity contribution is 7.89. The molecule has 0 aliphatic heterocycles. The van der Waals surface area contributed by atoms with Crippen LogP contribution in [0.2, 0.25) is 0 Å². The highest BCUT2D eigenvalue weighted by Gasteiger charge is 2.28. The lowest BCUT2D eigenvalue weighted by molar-refractivity contribution is 0.397. The molecule has 1 aromatic carbocycles. The van der Waals surface area contributed by atoms with E-state index in [-0.39, 0.29) is 4.90 Å². The molecule has 1 heterocycles. The van der Waals surface area contributed by atoms with E-state index in [9.17, 15) is 17.6 Å². The molecule has 0 saturated heterocycles. The SMILES string of the molecule is CC(c1ccc(F)cc1)N(C)S(=O)(=O)c1c[nH]ccc1=O. The zero-order chi connectivity index (χ0) is 15.6. The van der Waals surface area contributed by atoms with Crippen molar-refractivity contribution in [1.29, 1.82) is 0 Å². The summed E-state index contributed by atoms with van der Waals surface area (Å²) in [5.41, 5.74) is 0.0572. The fourth-order valence-electron chi connectivity index (χ4n) is 1.92. The van der Waals surface area contributed by atoms with Crippen LogP contribution in [0.25, 0.3) is 0 Å². The normalized spacial score (nSPS) is 13.3. The first-order chi connectivity index (χ1) is 9.84. The Morgan fingerprint density at radius 1 is 1.19 bits per heavy atom. The quantitative estimate of drug-likeness (QED) is 0.937. The molecule has 1 atom stereocenters. The number of sulfonamides is 1. The average molecular weight is 310 g/mol. The Morgan fingerprint density at radius 2 is 1.81 bits per heavy atom. The van der Waals surface area contributed by atoms with Gasteiger partial charge in [-0.1, -0.05) is 12.1 Å². The van der Waals surface area contributed by atoms with Crippen LogP contribution in [0.4, 0.5) is 4.39 Å². The van der Waals surface area contributed by atoms with E-state index < -0.39 is 27.3 Å². The second kappa shape index (κ2) is 5.79. The summed E-state index contributed by atoms with van der Waals surface area (Å²) in [5.74, 6) is -0.393. The van der Waals surface area contributed by atoms with E-state index in [1.165, 1.54) is 37.5 Å². The number of hydrogen-bond donors (Lipinski definition) is 1. The Morgan fingerprint density at radius 3 is 2.38 bits per heavy atom. The van der Waals surface area contributed by atoms with Gasteiger partial charge in [0.1, 0.15) is 10.7 Å². The molecule has 1 unspecified atom stereocenters. The van der Waals surface area contributed by atoms with Gasteiger partial charge in [0.25, 0.3) is 0 Å². The average Bonchev–Trinajstić information content (AvgIpc) is 2.46. The van der Waals surface area contributed by atoms with Crippen LogP contribution in [0.5, 0.6) is 0 Å². The highest BCUT2D eigenvalue weighted by Crippen LogP contribution is 2.24. The minimum absolute atomic E-state index is 0.318. The van der Waals surface area contributed by atoms with Crippen molar-refractivity contribution in [3.8, 4) is 0 Å². The van der Waals surface area contributed by atoms with Crippen molar-refractivity contribution in [2.24, 2.45) is 0 Å². The van der Waals surface area contributed by atoms with Crippen LogP contribution in [0.3, 0.4) is 0 Å². The summed E-state index contributed by atoms with van der Waals surface area (Å²) in [4.78, 5) is 14.0. The van der Waals surface area contributed by atoms with E-state index in [1.54, 1.807) is 6.92 Å². The minimum atomic E-state index is -3.93. The Labute approximate surface area is 122 Å². The molecule has 1 N–H and O–H groups in total. The van der Waals surface area contributed by atoms with E-state index in [0.717, 1.165) is 16.6 Å². The summed E-state index contributed by atoms with van der Waals surface area (Å²) in [6.07, 6.45) is 2.52. The van der Waals surface area contributed by atoms with Crippen molar-refractivity contribution in [2.75, 3.05) is 7.05 Å². The lowest BCUT2D eigenvalue weighted by Crippen LogP contribution is -2.32. The first-order valence-electron chi connectivity index (χ1n) is 6.24. The van der Waals surface area contributed by atoms with Crippen LogP contribution < -0.4 is 5.43 Å². The molecule has 0 radical (unpaired) electrons. The molecular weight excluding hydrogens is 295 g/mol. The molecule has 0 aliphatic rings. The summed E-state index contributed by atoms with van der Waals surface area (Å²) < 4.78 is 38.9. The number of pyridine rings is 1. The van der Waals surface area contributed by atoms with Crippen LogP contribution in [0, 0.1) is 5.82 Å². The predicted octanol–water partition coefficient (Wildman–Crippen LogP) is 1.90. The molecule has 0 bridgehead atoms. The van der Waals surface area contributed by atoms with Gasteiger partial charge in [-0.25, -0.2) is 12.8 Å². The largest absolute Gasteiger partial charge is 0.366 e. The minimum Gasteiger partial charge on any atom is -0.366 e. The monoisotopic (exact) mass is 310 g/mol. The Kier molecular flexibility index (Phi) is 4.24. The van der Waals surface area contributed by atoms with Gasteiger partial charge in [-0.15, -0.1) is 0 Å². The molecular formula is C14H15FN2O3S. The first kappa shape index (κ1) is 15.4. The third-order valence-corrected chi connectivity index (χ3v) is 5.29. The summed E-state index contributed by atoms with van der Waals surface area (Å²) in [5, 5.41) is 0. The van der Waals surface area contributed by atoms with Crippen molar-refractivity contribution in [3.05, 3.63) is 64.3 Å². The maximum absolute atomic E-state index is 12.9. The van der Waals surface area contributed by atoms with E-state index >= 15 is 0 Å². The predicted molar refractivity (Wildman–Crippen MR) is 76.8 cm³/mol. The zero-order valence-electron chi connectivity index (χ0n) is 11.6. The molecule has 5 nitrogen and oxygen atoms in total. The fraction of sp³-hybridized carbons (Fsp3) is 0.214. The van der Waals surface area contributed by atoms with Gasteiger partial charge in [0.2, 0.25) is 15.5 Å². The molecule has 0 saturated carbocycles. The summed E-state index contributed by atoms with van der Waals surface area (Å²) >= 11 is 0. The number of nitrogens with zero attached hydrogens (tertiary/aromatic N) is 1. The highest BCUT2D eigenvalue weighted by atomic mass is 32.2. The number of hydrogen-bond acceptors (Lipinski definition) is 3. The van der Waals surface area contributed by atoms with Gasteiger partial charge in [-0.3, -0.25) is 4.79 Å². The second-order valence-corrected chi connectivity index (χ2v) is 6.59. The number of aromatic nitrogens is 1. The molecule has 0 amide bonds. The number of halogens is 1. The van der Waals surface area contributed by atoms with Gasteiger partial charge in [-0.05, 0) is 24.6 Å². The second-order valence-electron chi connectivity index (χ2n) is 4.62. The van der Waals surface area contributed by atoms with Crippen LogP contribution >= 0.6 is 0 Å². The van der Waals surface area contributed by atoms with Crippen molar-refractivity contribution in [1.82, 2.24) is 9.29 Å². The smallest absolute Gasteiger partial charge is 0.248 e. The third kappa shape index (κ3) is 3.03. The molecule has 0 aliphatic carbocycles. The standard InChI is InChI=1S/C14H15FN2O3S/c1-10(11-3-5-12(15)6-4-11)17(2)21(19,20)14-9-16-8-7-13(14)18/h3-10H,1-2H3,(H,16,18). The Bertz CT molecular complexity index is 784. The van der Waals surface area contributed by atoms with E-state index in [1.807, 2.05) is 0 Å². The lowest BCUT2D eigenvalue weighted by Gasteiger charge is -2.24. The van der Waals surface area contributed by atoms with Crippen LogP contribution in [-0.4, -0.2) is 24.8 Å². The fourth-order valence-corrected chi connectivity index (χ4v) is 3.30. The number of nitrogens with one attached hydrogen (secondary N) is 1. The zero-order valence-corrected chi connectivity index (χ0v) is 12.4. The van der Waals surface area contributed by atoms with Crippen LogP contribution in [0.15, 0.2) is 52.4 Å². The third-order valence-electron chi connectivity index (χ3n) is 3.34. The summed E-state index contributed by atoms with van der Waals surface area (Å²) in [6.45, 7) is 1.67. The van der Waals surface area contributed by atoms with Crippen molar-refractivity contribution < 1.29 is 12.8 Å². The molecule has 1 aromatic heterocycles. The summed E-state index contributed by atoms with van der Waals surface area (Å²) in [6, 6.07) is 6.19. The number of rotatable bonds is 4. The molecule has 2 rings (SSSR count). The van der Waals surface area contributed by atoms with Gasteiger partial charge in [0.05, 0.1) is 0 Å². The van der Waals surface area contributed by atoms with Gasteiger partial charge >= 0.3 is 0 Å². The van der Waals surface area contributed by atoms with Crippen LogP contribution in [-0.2, 0) is 10.0 Å². The van der Waals surface area contributed by atoms with E-state index in [4.69, 9.17) is 0 Å². The van der Waals surface area contributed by atoms with Crippen molar-refractivity contribution in [2.45, 2.75) is 17.9 Å². The summed E-state index contributed by atoms with van der Waals surface area (Å²) in [7, 11) is -2.55. The van der Waals surface area contributed by atoms with E-state index in [0.29, 0.717) is 5.56 Å². The number of benzene rings is 1. The number of H-pyrrole nitrogens is 1. The lowest BCUT2D eigenvalue weighted by atomic mass is 10.1. The van der Waals surface area contributed by atoms with E-state index in [2.05, 4.69) is 4.98 Å². The molecule has 0 fully saturated rings. The van der Waals surface area contributed by atoms with Gasteiger partial charge in [-0.2, -0.15) is 4.31 Å². The molecule has 0 spiro atoms. The van der Waals surface area contributed by atoms with Gasteiger partial charge in [0, 0.05) is 31.5 Å². The van der Waals surface area contributed by atoms with Crippen molar-refractivity contribution >= 4 is 10.0 Å². The Hall–Kier alpha value is -1.99. The van der Waals surface area contributed by atoms with Crippen LogP contribution in [0.1, 0.15) is 18.5 Å². The van der Waals surface area contributed by atoms with Crippen molar-refractivity contribution in [3.63, 3.8) is 0 Å². The maximum atomic E-state index is 12.9. The topological polar surface area (TPSA) is 70.2 Å².